The topological polar surface area (TPSA) is 44.3 Å². The van der Waals surface area contributed by atoms with Gasteiger partial charge in [-0.2, -0.15) is 0 Å². The van der Waals surface area contributed by atoms with E-state index in [9.17, 15) is 5.11 Å². The number of rotatable bonds is 3. The van der Waals surface area contributed by atoms with Crippen molar-refractivity contribution >= 4 is 28.7 Å². The molecule has 0 saturated carbocycles. The average molecular weight is 314 g/mol. The van der Waals surface area contributed by atoms with Gasteiger partial charge in [-0.15, -0.1) is 0 Å². The van der Waals surface area contributed by atoms with Crippen molar-refractivity contribution in [2.75, 3.05) is 10.6 Å². The molecule has 0 spiro atoms. The summed E-state index contributed by atoms with van der Waals surface area (Å²) in [6.07, 6.45) is 0. The maximum Gasteiger partial charge on any atom is 0.175 e. The van der Waals surface area contributed by atoms with Crippen molar-refractivity contribution in [1.82, 2.24) is 0 Å². The van der Waals surface area contributed by atoms with Crippen LogP contribution in [0.4, 0.5) is 11.4 Å². The maximum absolute atomic E-state index is 10.1. The zero-order chi connectivity index (χ0) is 16.3. The van der Waals surface area contributed by atoms with Crippen LogP contribution < -0.4 is 10.6 Å². The molecule has 0 atom stereocenters. The zero-order valence-electron chi connectivity index (χ0n) is 13.4. The second kappa shape index (κ2) is 6.46. The van der Waals surface area contributed by atoms with Crippen molar-refractivity contribution in [3.8, 4) is 0 Å². The largest absolute Gasteiger partial charge is 0.386 e. The number of aryl methyl sites for hydroxylation is 2. The molecule has 3 N–H and O–H groups in total. The molecule has 0 aromatic heterocycles. The fraction of sp³-hybridized carbons (Fsp3) is 0.278. The molecule has 3 nitrogen and oxygen atoms in total. The highest BCUT2D eigenvalue weighted by Crippen LogP contribution is 2.22. The van der Waals surface area contributed by atoms with Crippen LogP contribution in [-0.4, -0.2) is 10.2 Å². The Bertz CT molecular complexity index is 669. The van der Waals surface area contributed by atoms with E-state index < -0.39 is 5.60 Å². The molecule has 0 fully saturated rings. The summed E-state index contributed by atoms with van der Waals surface area (Å²) in [4.78, 5) is 0. The lowest BCUT2D eigenvalue weighted by atomic mass is 9.98. The second-order valence-electron chi connectivity index (χ2n) is 6.10. The summed E-state index contributed by atoms with van der Waals surface area (Å²) in [5, 5.41) is 16.9. The van der Waals surface area contributed by atoms with Gasteiger partial charge in [0.15, 0.2) is 5.11 Å². The highest BCUT2D eigenvalue weighted by molar-refractivity contribution is 7.80. The van der Waals surface area contributed by atoms with Crippen molar-refractivity contribution in [2.45, 2.75) is 33.3 Å². The fourth-order valence-corrected chi connectivity index (χ4v) is 2.55. The summed E-state index contributed by atoms with van der Waals surface area (Å²) in [5.74, 6) is 0. The van der Waals surface area contributed by atoms with Gasteiger partial charge in [0.05, 0.1) is 5.60 Å². The van der Waals surface area contributed by atoms with Crippen LogP contribution in [0.25, 0.3) is 0 Å². The van der Waals surface area contributed by atoms with Gasteiger partial charge >= 0.3 is 0 Å². The van der Waals surface area contributed by atoms with Gasteiger partial charge < -0.3 is 15.7 Å². The third kappa shape index (κ3) is 4.55. The molecule has 0 heterocycles. The number of anilines is 2. The molecule has 0 amide bonds. The lowest BCUT2D eigenvalue weighted by molar-refractivity contribution is 0.0786. The first-order chi connectivity index (χ1) is 10.2. The lowest BCUT2D eigenvalue weighted by Crippen LogP contribution is -2.20. The molecule has 2 aromatic carbocycles. The third-order valence-corrected chi connectivity index (χ3v) is 3.51. The molecule has 0 radical (unpaired) electrons. The molecular weight excluding hydrogens is 292 g/mol. The highest BCUT2D eigenvalue weighted by Gasteiger charge is 2.15. The first-order valence-electron chi connectivity index (χ1n) is 7.23. The number of aliphatic hydroxyl groups is 1. The normalized spacial score (nSPS) is 11.1. The molecule has 2 rings (SSSR count). The van der Waals surface area contributed by atoms with Gasteiger partial charge in [-0.3, -0.25) is 0 Å². The summed E-state index contributed by atoms with van der Waals surface area (Å²) in [6, 6.07) is 13.8. The number of hydrogen-bond acceptors (Lipinski definition) is 2. The summed E-state index contributed by atoms with van der Waals surface area (Å²) >= 11 is 5.36. The molecule has 0 aliphatic rings. The van der Waals surface area contributed by atoms with Gasteiger partial charge in [0.1, 0.15) is 0 Å². The highest BCUT2D eigenvalue weighted by atomic mass is 32.1. The van der Waals surface area contributed by atoms with Crippen LogP contribution in [0.2, 0.25) is 0 Å². The molecule has 4 heteroatoms. The Hall–Kier alpha value is -1.91. The van der Waals surface area contributed by atoms with Crippen LogP contribution in [0.3, 0.4) is 0 Å². The van der Waals surface area contributed by atoms with Crippen LogP contribution >= 0.6 is 12.2 Å². The second-order valence-corrected chi connectivity index (χ2v) is 6.50. The minimum Gasteiger partial charge on any atom is -0.386 e. The van der Waals surface area contributed by atoms with Crippen LogP contribution in [0.5, 0.6) is 0 Å². The molecule has 2 aromatic rings. The van der Waals surface area contributed by atoms with E-state index in [1.54, 1.807) is 13.8 Å². The van der Waals surface area contributed by atoms with Crippen LogP contribution in [0.15, 0.2) is 42.5 Å². The Morgan fingerprint density at radius 3 is 2.14 bits per heavy atom. The predicted octanol–water partition coefficient (Wildman–Crippen LogP) is 4.34. The first kappa shape index (κ1) is 16.5. The molecule has 116 valence electrons. The van der Waals surface area contributed by atoms with E-state index in [-0.39, 0.29) is 0 Å². The minimum atomic E-state index is -0.875. The van der Waals surface area contributed by atoms with Gasteiger partial charge in [0, 0.05) is 11.4 Å². The smallest absolute Gasteiger partial charge is 0.175 e. The van der Waals surface area contributed by atoms with E-state index in [1.165, 1.54) is 11.1 Å². The number of nitrogens with one attached hydrogen (secondary N) is 2. The van der Waals surface area contributed by atoms with Crippen LogP contribution in [-0.2, 0) is 5.60 Å². The van der Waals surface area contributed by atoms with E-state index in [0.717, 1.165) is 16.9 Å². The van der Waals surface area contributed by atoms with Gasteiger partial charge in [-0.05, 0) is 80.9 Å². The Balaban J connectivity index is 2.09. The fourth-order valence-electron chi connectivity index (χ4n) is 2.32. The zero-order valence-corrected chi connectivity index (χ0v) is 14.2. The van der Waals surface area contributed by atoms with Gasteiger partial charge in [-0.1, -0.05) is 18.2 Å². The number of hydrogen-bond donors (Lipinski definition) is 3. The Morgan fingerprint density at radius 1 is 0.955 bits per heavy atom. The third-order valence-electron chi connectivity index (χ3n) is 3.31. The van der Waals surface area contributed by atoms with Crippen LogP contribution in [0, 0.1) is 13.8 Å². The molecular formula is C18H22N2OS. The van der Waals surface area contributed by atoms with Gasteiger partial charge in [0.25, 0.3) is 0 Å². The standard InChI is InChI=1S/C18H22N2OS/c1-12-8-13(2)10-16(9-12)20-17(22)19-15-7-5-6-14(11-15)18(3,4)21/h5-11,21H,1-4H3,(H2,19,20,22). The summed E-state index contributed by atoms with van der Waals surface area (Å²) in [6.45, 7) is 7.64. The SMILES string of the molecule is Cc1cc(C)cc(NC(=S)Nc2cccc(C(C)(C)O)c2)c1. The van der Waals surface area contributed by atoms with E-state index in [4.69, 9.17) is 12.2 Å². The number of thiocarbonyl (C=S) groups is 1. The van der Waals surface area contributed by atoms with E-state index >= 15 is 0 Å². The van der Waals surface area contributed by atoms with Crippen molar-refractivity contribution in [1.29, 1.82) is 0 Å². The minimum absolute atomic E-state index is 0.526. The molecule has 0 unspecified atom stereocenters. The first-order valence-corrected chi connectivity index (χ1v) is 7.64. The van der Waals surface area contributed by atoms with E-state index in [2.05, 4.69) is 30.5 Å². The molecule has 0 aliphatic heterocycles. The van der Waals surface area contributed by atoms with Crippen molar-refractivity contribution < 1.29 is 5.11 Å². The summed E-state index contributed by atoms with van der Waals surface area (Å²) < 4.78 is 0. The molecule has 0 aliphatic carbocycles. The maximum atomic E-state index is 10.1. The molecule has 0 bridgehead atoms. The Morgan fingerprint density at radius 2 is 1.55 bits per heavy atom. The quantitative estimate of drug-likeness (QED) is 0.737. The van der Waals surface area contributed by atoms with Gasteiger partial charge in [-0.25, -0.2) is 0 Å². The van der Waals surface area contributed by atoms with Crippen LogP contribution in [0.1, 0.15) is 30.5 Å². The monoisotopic (exact) mass is 314 g/mol. The number of benzene rings is 2. The van der Waals surface area contributed by atoms with Crippen molar-refractivity contribution in [3.05, 3.63) is 59.2 Å². The van der Waals surface area contributed by atoms with E-state index in [0.29, 0.717) is 5.11 Å². The summed E-state index contributed by atoms with van der Waals surface area (Å²) in [7, 11) is 0. The van der Waals surface area contributed by atoms with Gasteiger partial charge in [0.2, 0.25) is 0 Å². The average Bonchev–Trinajstić information content (AvgIpc) is 2.36. The summed E-state index contributed by atoms with van der Waals surface area (Å²) in [5.41, 5.74) is 4.16. The Labute approximate surface area is 137 Å². The Kier molecular flexibility index (Phi) is 4.84. The van der Waals surface area contributed by atoms with Crippen molar-refractivity contribution in [2.24, 2.45) is 0 Å². The molecule has 22 heavy (non-hydrogen) atoms. The lowest BCUT2D eigenvalue weighted by Gasteiger charge is -2.19. The molecule has 0 saturated heterocycles. The predicted molar refractivity (Wildman–Crippen MR) is 97.4 cm³/mol. The van der Waals surface area contributed by atoms with E-state index in [1.807, 2.05) is 36.4 Å². The van der Waals surface area contributed by atoms with Crippen molar-refractivity contribution in [3.63, 3.8) is 0 Å².